The van der Waals surface area contributed by atoms with Crippen molar-refractivity contribution in [3.05, 3.63) is 76.8 Å². The maximum absolute atomic E-state index is 13.2. The number of aromatic nitrogens is 3. The number of aliphatic hydroxyl groups is 2. The lowest BCUT2D eigenvalue weighted by atomic mass is 10.1. The molecule has 1 fully saturated rings. The lowest BCUT2D eigenvalue weighted by molar-refractivity contribution is -0.00880. The standard InChI is InChI=1S/C22H24ClN5O6S/c1-24-35(32,33)34-19-10-18(21(30)22(19)31)26-16-5-7-25-11-15(16)20(29)17-6-8-28(27-17)12-13-3-2-4-14(23)9-13/h2-9,11,18-19,21-22,24,30-31H,10,12H2,1H3,(H,25,26)/t18-,19-,21+,22+/m1/s1. The van der Waals surface area contributed by atoms with E-state index in [2.05, 4.69) is 15.4 Å². The van der Waals surface area contributed by atoms with Crippen LogP contribution in [0.5, 0.6) is 0 Å². The number of pyridine rings is 1. The molecule has 2 aromatic heterocycles. The molecule has 0 spiro atoms. The Hall–Kier alpha value is -2.87. The average molecular weight is 522 g/mol. The number of aliphatic hydroxyl groups excluding tert-OH is 2. The number of carbonyl (C=O) groups is 1. The van der Waals surface area contributed by atoms with Gasteiger partial charge in [-0.25, -0.2) is 0 Å². The number of carbonyl (C=O) groups excluding carboxylic acids is 1. The van der Waals surface area contributed by atoms with Crippen LogP contribution in [-0.4, -0.2) is 70.6 Å². The quantitative estimate of drug-likeness (QED) is 0.301. The second kappa shape index (κ2) is 10.4. The Morgan fingerprint density at radius 3 is 2.80 bits per heavy atom. The van der Waals surface area contributed by atoms with Crippen molar-refractivity contribution in [1.29, 1.82) is 0 Å². The molecule has 0 unspecified atom stereocenters. The van der Waals surface area contributed by atoms with Crippen LogP contribution in [0.4, 0.5) is 5.69 Å². The summed E-state index contributed by atoms with van der Waals surface area (Å²) in [4.78, 5) is 17.2. The van der Waals surface area contributed by atoms with Crippen molar-refractivity contribution in [3.63, 3.8) is 0 Å². The molecule has 0 amide bonds. The van der Waals surface area contributed by atoms with Gasteiger partial charge < -0.3 is 15.5 Å². The van der Waals surface area contributed by atoms with Crippen molar-refractivity contribution in [3.8, 4) is 0 Å². The zero-order chi connectivity index (χ0) is 25.2. The first-order valence-electron chi connectivity index (χ1n) is 10.7. The van der Waals surface area contributed by atoms with Crippen molar-refractivity contribution in [2.45, 2.75) is 37.3 Å². The summed E-state index contributed by atoms with van der Waals surface area (Å²) >= 11 is 6.03. The molecule has 0 aliphatic heterocycles. The first kappa shape index (κ1) is 25.2. The fraction of sp³-hybridized carbons (Fsp3) is 0.318. The van der Waals surface area contributed by atoms with E-state index in [9.17, 15) is 23.4 Å². The summed E-state index contributed by atoms with van der Waals surface area (Å²) in [6.45, 7) is 0.426. The van der Waals surface area contributed by atoms with Crippen LogP contribution in [0.3, 0.4) is 0 Å². The van der Waals surface area contributed by atoms with Crippen molar-refractivity contribution in [1.82, 2.24) is 19.5 Å². The Balaban J connectivity index is 1.50. The van der Waals surface area contributed by atoms with Crippen LogP contribution in [0.15, 0.2) is 55.0 Å². The highest BCUT2D eigenvalue weighted by atomic mass is 35.5. The molecular formula is C22H24ClN5O6S. The fourth-order valence-electron chi connectivity index (χ4n) is 3.87. The molecule has 0 bridgehead atoms. The summed E-state index contributed by atoms with van der Waals surface area (Å²) in [5.41, 5.74) is 1.67. The summed E-state index contributed by atoms with van der Waals surface area (Å²) in [5.74, 6) is -0.399. The zero-order valence-electron chi connectivity index (χ0n) is 18.6. The van der Waals surface area contributed by atoms with Crippen LogP contribution in [0, 0.1) is 0 Å². The molecule has 4 atom stereocenters. The fourth-order valence-corrected chi connectivity index (χ4v) is 4.70. The monoisotopic (exact) mass is 521 g/mol. The third-order valence-corrected chi connectivity index (χ3v) is 6.88. The van der Waals surface area contributed by atoms with Crippen LogP contribution in [-0.2, 0) is 21.0 Å². The molecule has 1 saturated carbocycles. The predicted octanol–water partition coefficient (Wildman–Crippen LogP) is 0.966. The Morgan fingerprint density at radius 1 is 1.26 bits per heavy atom. The summed E-state index contributed by atoms with van der Waals surface area (Å²) in [6.07, 6.45) is 0.556. The Kier molecular flexibility index (Phi) is 7.50. The molecular weight excluding hydrogens is 498 g/mol. The van der Waals surface area contributed by atoms with Gasteiger partial charge in [-0.05, 0) is 29.8 Å². The lowest BCUT2D eigenvalue weighted by Crippen LogP contribution is -2.38. The number of halogens is 1. The van der Waals surface area contributed by atoms with Crippen molar-refractivity contribution < 1.29 is 27.6 Å². The first-order chi connectivity index (χ1) is 16.7. The largest absolute Gasteiger partial charge is 0.388 e. The van der Waals surface area contributed by atoms with Crippen LogP contribution in [0.1, 0.15) is 28.0 Å². The van der Waals surface area contributed by atoms with E-state index in [1.807, 2.05) is 22.9 Å². The molecule has 35 heavy (non-hydrogen) atoms. The van der Waals surface area contributed by atoms with Gasteiger partial charge in [0.25, 0.3) is 0 Å². The minimum Gasteiger partial charge on any atom is -0.388 e. The number of nitrogens with one attached hydrogen (secondary N) is 2. The summed E-state index contributed by atoms with van der Waals surface area (Å²) < 4.78 is 31.9. The van der Waals surface area contributed by atoms with E-state index < -0.39 is 40.4 Å². The number of rotatable bonds is 9. The second-order valence-electron chi connectivity index (χ2n) is 8.04. The lowest BCUT2D eigenvalue weighted by Gasteiger charge is -2.20. The number of hydrogen-bond acceptors (Lipinski definition) is 9. The first-order valence-corrected chi connectivity index (χ1v) is 12.5. The third-order valence-electron chi connectivity index (χ3n) is 5.64. The Bertz CT molecular complexity index is 1320. The van der Waals surface area contributed by atoms with E-state index in [0.717, 1.165) is 5.56 Å². The molecule has 1 aliphatic carbocycles. The van der Waals surface area contributed by atoms with Crippen molar-refractivity contribution in [2.75, 3.05) is 12.4 Å². The van der Waals surface area contributed by atoms with Gasteiger partial charge in [-0.2, -0.15) is 18.2 Å². The van der Waals surface area contributed by atoms with Gasteiger partial charge in [0.05, 0.1) is 18.2 Å². The van der Waals surface area contributed by atoms with Gasteiger partial charge >= 0.3 is 10.3 Å². The van der Waals surface area contributed by atoms with E-state index in [1.165, 1.54) is 19.4 Å². The van der Waals surface area contributed by atoms with Gasteiger partial charge in [-0.15, -0.1) is 0 Å². The minimum atomic E-state index is -4.07. The van der Waals surface area contributed by atoms with Crippen LogP contribution in [0.25, 0.3) is 0 Å². The molecule has 13 heteroatoms. The topological polar surface area (TPSA) is 156 Å². The number of benzene rings is 1. The van der Waals surface area contributed by atoms with E-state index in [1.54, 1.807) is 29.1 Å². The van der Waals surface area contributed by atoms with E-state index >= 15 is 0 Å². The highest BCUT2D eigenvalue weighted by molar-refractivity contribution is 7.84. The zero-order valence-corrected chi connectivity index (χ0v) is 20.1. The van der Waals surface area contributed by atoms with Crippen molar-refractivity contribution >= 4 is 33.4 Å². The molecule has 186 valence electrons. The maximum Gasteiger partial charge on any atom is 0.335 e. The molecule has 2 heterocycles. The van der Waals surface area contributed by atoms with Crippen LogP contribution < -0.4 is 10.0 Å². The highest BCUT2D eigenvalue weighted by Gasteiger charge is 2.44. The molecule has 11 nitrogen and oxygen atoms in total. The summed E-state index contributed by atoms with van der Waals surface area (Å²) in [7, 11) is -2.89. The molecule has 1 aromatic carbocycles. The third kappa shape index (κ3) is 5.86. The highest BCUT2D eigenvalue weighted by Crippen LogP contribution is 2.29. The molecule has 3 aromatic rings. The Labute approximate surface area is 207 Å². The SMILES string of the molecule is CNS(=O)(=O)O[C@@H]1C[C@@H](Nc2ccncc2C(=O)c2ccn(Cc3cccc(Cl)c3)n2)[C@H](O)[C@H]1O. The second-order valence-corrected chi connectivity index (χ2v) is 9.98. The normalized spacial score (nSPS) is 22.3. The molecule has 4 N–H and O–H groups in total. The number of nitrogens with zero attached hydrogens (tertiary/aromatic N) is 3. The van der Waals surface area contributed by atoms with Crippen molar-refractivity contribution in [2.24, 2.45) is 0 Å². The summed E-state index contributed by atoms with van der Waals surface area (Å²) in [6, 6.07) is 9.67. The summed E-state index contributed by atoms with van der Waals surface area (Å²) in [5, 5.41) is 28.7. The maximum atomic E-state index is 13.2. The van der Waals surface area contributed by atoms with E-state index in [0.29, 0.717) is 17.3 Å². The molecule has 1 aliphatic rings. The molecule has 0 saturated heterocycles. The van der Waals surface area contributed by atoms with Gasteiger partial charge in [-0.1, -0.05) is 23.7 Å². The smallest absolute Gasteiger partial charge is 0.335 e. The van der Waals surface area contributed by atoms with Gasteiger partial charge in [0.15, 0.2) is 0 Å². The Morgan fingerprint density at radius 2 is 2.06 bits per heavy atom. The van der Waals surface area contributed by atoms with E-state index in [4.69, 9.17) is 15.8 Å². The van der Waals surface area contributed by atoms with Crippen LogP contribution in [0.2, 0.25) is 5.02 Å². The molecule has 0 radical (unpaired) electrons. The van der Waals surface area contributed by atoms with Gasteiger partial charge in [0.1, 0.15) is 24.0 Å². The van der Waals surface area contributed by atoms with Crippen LogP contribution >= 0.6 is 11.6 Å². The number of hydrogen-bond donors (Lipinski definition) is 4. The van der Waals surface area contributed by atoms with Gasteiger partial charge in [0, 0.05) is 42.8 Å². The number of ketones is 1. The van der Waals surface area contributed by atoms with Gasteiger partial charge in [-0.3, -0.25) is 18.6 Å². The predicted molar refractivity (Wildman–Crippen MR) is 127 cm³/mol. The van der Waals surface area contributed by atoms with E-state index in [-0.39, 0.29) is 17.7 Å². The number of anilines is 1. The van der Waals surface area contributed by atoms with Gasteiger partial charge in [0.2, 0.25) is 5.78 Å². The minimum absolute atomic E-state index is 0.0204. The molecule has 4 rings (SSSR count). The average Bonchev–Trinajstić information content (AvgIpc) is 3.39.